The number of rotatable bonds is 4. The number of hydrogen-bond donors (Lipinski definition) is 2. The highest BCUT2D eigenvalue weighted by molar-refractivity contribution is 5.91. The lowest BCUT2D eigenvalue weighted by Crippen LogP contribution is -2.43. The van der Waals surface area contributed by atoms with Gasteiger partial charge in [-0.2, -0.15) is 0 Å². The highest BCUT2D eigenvalue weighted by atomic mass is 16.3. The first-order valence-electron chi connectivity index (χ1n) is 5.64. The van der Waals surface area contributed by atoms with Crippen molar-refractivity contribution in [2.24, 2.45) is 0 Å². The summed E-state index contributed by atoms with van der Waals surface area (Å²) in [6, 6.07) is 0.297. The molecule has 1 aliphatic heterocycles. The number of aliphatic hydroxyl groups excluding tert-OH is 1. The summed E-state index contributed by atoms with van der Waals surface area (Å²) in [6.45, 7) is 3.65. The maximum atomic E-state index is 11.9. The van der Waals surface area contributed by atoms with Crippen LogP contribution in [-0.2, 0) is 0 Å². The number of carbonyl (C=O) groups excluding carboxylic acids is 1. The second-order valence-electron chi connectivity index (χ2n) is 4.43. The molecule has 2 heterocycles. The molecule has 0 aromatic carbocycles. The molecule has 1 atom stereocenters. The zero-order valence-electron chi connectivity index (χ0n) is 10.00. The smallest absolute Gasteiger partial charge is 0.275 e. The van der Waals surface area contributed by atoms with Gasteiger partial charge in [0.1, 0.15) is 0 Å². The van der Waals surface area contributed by atoms with Crippen LogP contribution >= 0.6 is 0 Å². The molecule has 0 saturated carbocycles. The van der Waals surface area contributed by atoms with Crippen LogP contribution in [0.5, 0.6) is 0 Å². The van der Waals surface area contributed by atoms with Gasteiger partial charge in [-0.1, -0.05) is 5.21 Å². The standard InChI is InChI=1S/C10H17N5O2/c1-7(16)5-14(2)10(17)9-6-15(13-12-9)8-3-11-4-8/h6-8,11,16H,3-5H2,1-2H3. The second-order valence-corrected chi connectivity index (χ2v) is 4.43. The topological polar surface area (TPSA) is 83.3 Å². The Bertz CT molecular complexity index is 399. The minimum Gasteiger partial charge on any atom is -0.392 e. The fourth-order valence-electron chi connectivity index (χ4n) is 1.69. The van der Waals surface area contributed by atoms with E-state index in [-0.39, 0.29) is 12.5 Å². The Hall–Kier alpha value is -1.47. The molecule has 1 unspecified atom stereocenters. The molecule has 7 heteroatoms. The zero-order chi connectivity index (χ0) is 12.4. The summed E-state index contributed by atoms with van der Waals surface area (Å²) in [7, 11) is 1.64. The van der Waals surface area contributed by atoms with E-state index >= 15 is 0 Å². The highest BCUT2D eigenvalue weighted by Gasteiger charge is 2.23. The minimum atomic E-state index is -0.546. The molecule has 17 heavy (non-hydrogen) atoms. The monoisotopic (exact) mass is 239 g/mol. The summed E-state index contributed by atoms with van der Waals surface area (Å²) in [6.07, 6.45) is 1.11. The normalized spacial score (nSPS) is 17.6. The van der Waals surface area contributed by atoms with E-state index < -0.39 is 6.10 Å². The van der Waals surface area contributed by atoms with Gasteiger partial charge in [-0.3, -0.25) is 4.79 Å². The van der Waals surface area contributed by atoms with Crippen LogP contribution in [0.3, 0.4) is 0 Å². The first-order chi connectivity index (χ1) is 8.08. The molecule has 1 aliphatic rings. The molecule has 0 bridgehead atoms. The van der Waals surface area contributed by atoms with Crippen molar-refractivity contribution in [1.29, 1.82) is 0 Å². The number of aromatic nitrogens is 3. The molecule has 1 aromatic rings. The van der Waals surface area contributed by atoms with Crippen LogP contribution in [0.25, 0.3) is 0 Å². The summed E-state index contributed by atoms with van der Waals surface area (Å²) in [5, 5.41) is 20.1. The molecule has 2 rings (SSSR count). The quantitative estimate of drug-likeness (QED) is 0.695. The third kappa shape index (κ3) is 2.62. The molecule has 1 amide bonds. The molecule has 0 radical (unpaired) electrons. The van der Waals surface area contributed by atoms with E-state index in [0.29, 0.717) is 11.7 Å². The summed E-state index contributed by atoms with van der Waals surface area (Å²) < 4.78 is 1.71. The van der Waals surface area contributed by atoms with Gasteiger partial charge in [-0.05, 0) is 6.92 Å². The first-order valence-corrected chi connectivity index (χ1v) is 5.64. The van der Waals surface area contributed by atoms with Gasteiger partial charge in [0.25, 0.3) is 5.91 Å². The van der Waals surface area contributed by atoms with Crippen molar-refractivity contribution < 1.29 is 9.90 Å². The lowest BCUT2D eigenvalue weighted by molar-refractivity contribution is 0.0698. The molecule has 1 saturated heterocycles. The Labute approximate surface area is 99.4 Å². The molecular weight excluding hydrogens is 222 g/mol. The average Bonchev–Trinajstić information content (AvgIpc) is 2.61. The van der Waals surface area contributed by atoms with Crippen LogP contribution in [-0.4, -0.2) is 63.7 Å². The maximum absolute atomic E-state index is 11.9. The number of carbonyl (C=O) groups is 1. The van der Waals surface area contributed by atoms with Crippen LogP contribution in [0.1, 0.15) is 23.5 Å². The van der Waals surface area contributed by atoms with Crippen molar-refractivity contribution in [1.82, 2.24) is 25.2 Å². The largest absolute Gasteiger partial charge is 0.392 e. The van der Waals surface area contributed by atoms with Crippen molar-refractivity contribution in [3.63, 3.8) is 0 Å². The second kappa shape index (κ2) is 4.80. The van der Waals surface area contributed by atoms with Gasteiger partial charge in [0, 0.05) is 26.7 Å². The van der Waals surface area contributed by atoms with E-state index in [9.17, 15) is 9.90 Å². The molecular formula is C10H17N5O2. The Kier molecular flexibility index (Phi) is 3.39. The van der Waals surface area contributed by atoms with Gasteiger partial charge >= 0.3 is 0 Å². The predicted octanol–water partition coefficient (Wildman–Crippen LogP) is -1.12. The van der Waals surface area contributed by atoms with Crippen LogP contribution < -0.4 is 5.32 Å². The highest BCUT2D eigenvalue weighted by Crippen LogP contribution is 2.10. The van der Waals surface area contributed by atoms with Crippen LogP contribution in [0.4, 0.5) is 0 Å². The van der Waals surface area contributed by atoms with E-state index in [1.54, 1.807) is 24.9 Å². The number of nitrogens with zero attached hydrogens (tertiary/aromatic N) is 4. The number of hydrogen-bond acceptors (Lipinski definition) is 5. The predicted molar refractivity (Wildman–Crippen MR) is 60.6 cm³/mol. The summed E-state index contributed by atoms with van der Waals surface area (Å²) in [5.74, 6) is -0.218. The zero-order valence-corrected chi connectivity index (χ0v) is 10.00. The van der Waals surface area contributed by atoms with Gasteiger partial charge < -0.3 is 15.3 Å². The van der Waals surface area contributed by atoms with Gasteiger partial charge in [0.2, 0.25) is 0 Å². The minimum absolute atomic E-state index is 0.218. The van der Waals surface area contributed by atoms with Gasteiger partial charge in [0.15, 0.2) is 5.69 Å². The number of amides is 1. The number of nitrogens with one attached hydrogen (secondary N) is 1. The summed E-state index contributed by atoms with van der Waals surface area (Å²) in [5.41, 5.74) is 0.319. The SMILES string of the molecule is CC(O)CN(C)C(=O)c1cn(C2CNC2)nn1. The molecule has 0 spiro atoms. The molecule has 7 nitrogen and oxygen atoms in total. The molecule has 1 fully saturated rings. The van der Waals surface area contributed by atoms with Crippen LogP contribution in [0.2, 0.25) is 0 Å². The van der Waals surface area contributed by atoms with E-state index in [1.165, 1.54) is 4.90 Å². The van der Waals surface area contributed by atoms with Crippen molar-refractivity contribution in [3.05, 3.63) is 11.9 Å². The number of aliphatic hydroxyl groups is 1. The third-order valence-corrected chi connectivity index (χ3v) is 2.75. The fourth-order valence-corrected chi connectivity index (χ4v) is 1.69. The Morgan fingerprint density at radius 3 is 3.00 bits per heavy atom. The van der Waals surface area contributed by atoms with E-state index in [2.05, 4.69) is 15.6 Å². The molecule has 2 N–H and O–H groups in total. The Morgan fingerprint density at radius 1 is 1.76 bits per heavy atom. The van der Waals surface area contributed by atoms with Crippen molar-refractivity contribution >= 4 is 5.91 Å². The van der Waals surface area contributed by atoms with Gasteiger partial charge in [-0.25, -0.2) is 4.68 Å². The van der Waals surface area contributed by atoms with Gasteiger partial charge in [0.05, 0.1) is 18.3 Å². The molecule has 94 valence electrons. The van der Waals surface area contributed by atoms with E-state index in [4.69, 9.17) is 0 Å². The maximum Gasteiger partial charge on any atom is 0.275 e. The number of likely N-dealkylation sites (N-methyl/N-ethyl adjacent to an activating group) is 1. The third-order valence-electron chi connectivity index (χ3n) is 2.75. The van der Waals surface area contributed by atoms with Crippen LogP contribution in [0, 0.1) is 0 Å². The van der Waals surface area contributed by atoms with E-state index in [1.807, 2.05) is 0 Å². The first kappa shape index (κ1) is 12.0. The molecule has 1 aromatic heterocycles. The lowest BCUT2D eigenvalue weighted by atomic mass is 10.2. The van der Waals surface area contributed by atoms with E-state index in [0.717, 1.165) is 13.1 Å². The summed E-state index contributed by atoms with van der Waals surface area (Å²) in [4.78, 5) is 13.3. The average molecular weight is 239 g/mol. The lowest BCUT2D eigenvalue weighted by Gasteiger charge is -2.26. The Balaban J connectivity index is 2.01. The van der Waals surface area contributed by atoms with Crippen molar-refractivity contribution in [2.75, 3.05) is 26.7 Å². The van der Waals surface area contributed by atoms with Crippen molar-refractivity contribution in [3.8, 4) is 0 Å². The Morgan fingerprint density at radius 2 is 2.47 bits per heavy atom. The van der Waals surface area contributed by atoms with Gasteiger partial charge in [-0.15, -0.1) is 5.10 Å². The summed E-state index contributed by atoms with van der Waals surface area (Å²) >= 11 is 0. The molecule has 0 aliphatic carbocycles. The van der Waals surface area contributed by atoms with Crippen LogP contribution in [0.15, 0.2) is 6.20 Å². The van der Waals surface area contributed by atoms with Crippen molar-refractivity contribution in [2.45, 2.75) is 19.1 Å². The fraction of sp³-hybridized carbons (Fsp3) is 0.700.